The first kappa shape index (κ1) is 20.0. The lowest BCUT2D eigenvalue weighted by molar-refractivity contribution is -0.271. The zero-order chi connectivity index (χ0) is 19.4. The molecule has 1 fully saturated rings. The molecule has 0 aliphatic carbocycles. The van der Waals surface area contributed by atoms with Gasteiger partial charge in [0.05, 0.1) is 18.9 Å². The average molecular weight is 390 g/mol. The van der Waals surface area contributed by atoms with E-state index in [0.717, 1.165) is 30.7 Å². The standard InChI is InChI=1S/C21H27NO4S/c1-14-8-10-17(11-9-14)19-22-18(15(2)27-19)7-5-4-6-16-12-25-21(3,20(23)24)26-13-16/h8-11,16H,4-7,12-13H2,1-3H3,(H,23,24)/t16-,21+. The van der Waals surface area contributed by atoms with Crippen molar-refractivity contribution in [3.8, 4) is 10.6 Å². The van der Waals surface area contributed by atoms with Crippen LogP contribution >= 0.6 is 11.3 Å². The second-order valence-corrected chi connectivity index (χ2v) is 8.58. The molecule has 1 N–H and O–H groups in total. The lowest BCUT2D eigenvalue weighted by Crippen LogP contribution is -2.47. The predicted molar refractivity (Wildman–Crippen MR) is 106 cm³/mol. The smallest absolute Gasteiger partial charge is 0.364 e. The van der Waals surface area contributed by atoms with Crippen molar-refractivity contribution in [2.75, 3.05) is 13.2 Å². The SMILES string of the molecule is Cc1ccc(-c2nc(CCCC[C@H]3CO[C@@](C)(C(=O)O)OC3)c(C)s2)cc1. The number of carboxylic acids is 1. The first-order valence-corrected chi connectivity index (χ1v) is 10.2. The highest BCUT2D eigenvalue weighted by Crippen LogP contribution is 2.29. The molecule has 1 aliphatic rings. The van der Waals surface area contributed by atoms with Crippen LogP contribution in [-0.4, -0.2) is 35.1 Å². The molecule has 0 unspecified atom stereocenters. The van der Waals surface area contributed by atoms with Crippen LogP contribution in [0.5, 0.6) is 0 Å². The summed E-state index contributed by atoms with van der Waals surface area (Å²) in [6, 6.07) is 8.50. The molecule has 1 aliphatic heterocycles. The Hall–Kier alpha value is -1.76. The summed E-state index contributed by atoms with van der Waals surface area (Å²) < 4.78 is 10.8. The molecule has 1 saturated heterocycles. The van der Waals surface area contributed by atoms with Gasteiger partial charge in [-0.3, -0.25) is 0 Å². The van der Waals surface area contributed by atoms with Crippen molar-refractivity contribution in [2.24, 2.45) is 5.92 Å². The van der Waals surface area contributed by atoms with E-state index in [9.17, 15) is 4.79 Å². The van der Waals surface area contributed by atoms with Gasteiger partial charge in [0.2, 0.25) is 0 Å². The van der Waals surface area contributed by atoms with Gasteiger partial charge in [0.15, 0.2) is 0 Å². The van der Waals surface area contributed by atoms with Gasteiger partial charge in [-0.1, -0.05) is 36.2 Å². The molecule has 6 heteroatoms. The Labute approximate surface area is 164 Å². The first-order valence-electron chi connectivity index (χ1n) is 9.42. The molecule has 0 spiro atoms. The molecule has 2 aromatic rings. The van der Waals surface area contributed by atoms with Crippen LogP contribution in [-0.2, 0) is 20.7 Å². The van der Waals surface area contributed by atoms with Crippen molar-refractivity contribution in [1.29, 1.82) is 0 Å². The Kier molecular flexibility index (Phi) is 6.29. The van der Waals surface area contributed by atoms with Gasteiger partial charge in [0.1, 0.15) is 5.01 Å². The highest BCUT2D eigenvalue weighted by molar-refractivity contribution is 7.15. The topological polar surface area (TPSA) is 68.7 Å². The van der Waals surface area contributed by atoms with E-state index in [1.165, 1.54) is 28.6 Å². The summed E-state index contributed by atoms with van der Waals surface area (Å²) in [5.41, 5.74) is 3.62. The van der Waals surface area contributed by atoms with Crippen LogP contribution in [0.15, 0.2) is 24.3 Å². The van der Waals surface area contributed by atoms with Crippen molar-refractivity contribution in [3.05, 3.63) is 40.4 Å². The average Bonchev–Trinajstić information content (AvgIpc) is 3.01. The number of rotatable bonds is 7. The van der Waals surface area contributed by atoms with Crippen molar-refractivity contribution in [3.63, 3.8) is 0 Å². The fourth-order valence-corrected chi connectivity index (χ4v) is 4.10. The van der Waals surface area contributed by atoms with Crippen LogP contribution < -0.4 is 0 Å². The molecule has 1 aromatic carbocycles. The second-order valence-electron chi connectivity index (χ2n) is 7.37. The summed E-state index contributed by atoms with van der Waals surface area (Å²) in [5.74, 6) is -2.29. The maximum atomic E-state index is 11.1. The van der Waals surface area contributed by atoms with E-state index in [4.69, 9.17) is 19.6 Å². The van der Waals surface area contributed by atoms with Gasteiger partial charge in [-0.05, 0) is 33.1 Å². The number of benzene rings is 1. The third-order valence-corrected chi connectivity index (χ3v) is 6.11. The molecule has 146 valence electrons. The minimum absolute atomic E-state index is 0.261. The number of nitrogens with zero attached hydrogens (tertiary/aromatic N) is 1. The molecule has 0 amide bonds. The number of hydrogen-bond acceptors (Lipinski definition) is 5. The maximum absolute atomic E-state index is 11.1. The number of unbranched alkanes of at least 4 members (excludes halogenated alkanes) is 1. The number of aromatic nitrogens is 1. The molecular weight excluding hydrogens is 362 g/mol. The Morgan fingerprint density at radius 1 is 1.22 bits per heavy atom. The fraction of sp³-hybridized carbons (Fsp3) is 0.524. The van der Waals surface area contributed by atoms with Crippen molar-refractivity contribution < 1.29 is 19.4 Å². The third kappa shape index (κ3) is 4.94. The summed E-state index contributed by atoms with van der Waals surface area (Å²) in [7, 11) is 0. The van der Waals surface area contributed by atoms with Gasteiger partial charge < -0.3 is 14.6 Å². The van der Waals surface area contributed by atoms with Crippen LogP contribution in [0.25, 0.3) is 10.6 Å². The number of ether oxygens (including phenoxy) is 2. The van der Waals surface area contributed by atoms with Gasteiger partial charge in [0, 0.05) is 23.3 Å². The second kappa shape index (κ2) is 8.50. The lowest BCUT2D eigenvalue weighted by Gasteiger charge is -2.34. The van der Waals surface area contributed by atoms with E-state index in [0.29, 0.717) is 13.2 Å². The summed E-state index contributed by atoms with van der Waals surface area (Å²) in [5, 5.41) is 10.2. The number of carbonyl (C=O) groups is 1. The Bertz CT molecular complexity index is 776. The minimum Gasteiger partial charge on any atom is -0.477 e. The van der Waals surface area contributed by atoms with Crippen LogP contribution in [0.1, 0.15) is 42.3 Å². The molecule has 5 nitrogen and oxygen atoms in total. The maximum Gasteiger partial charge on any atom is 0.364 e. The van der Waals surface area contributed by atoms with Gasteiger partial charge in [0.25, 0.3) is 5.79 Å². The molecule has 3 rings (SSSR count). The van der Waals surface area contributed by atoms with Gasteiger partial charge in [-0.15, -0.1) is 11.3 Å². The Morgan fingerprint density at radius 3 is 2.52 bits per heavy atom. The first-order chi connectivity index (χ1) is 12.9. The highest BCUT2D eigenvalue weighted by Gasteiger charge is 2.40. The quantitative estimate of drug-likeness (QED) is 0.701. The molecule has 0 bridgehead atoms. The van der Waals surface area contributed by atoms with Gasteiger partial charge >= 0.3 is 5.97 Å². The van der Waals surface area contributed by atoms with Crippen molar-refractivity contribution in [2.45, 2.75) is 52.2 Å². The molecule has 0 atom stereocenters. The summed E-state index contributed by atoms with van der Waals surface area (Å²) in [6.07, 6.45) is 4.06. The molecule has 27 heavy (non-hydrogen) atoms. The van der Waals surface area contributed by atoms with Crippen LogP contribution in [0, 0.1) is 19.8 Å². The zero-order valence-corrected chi connectivity index (χ0v) is 17.0. The van der Waals surface area contributed by atoms with Gasteiger partial charge in [-0.25, -0.2) is 9.78 Å². The third-order valence-electron chi connectivity index (χ3n) is 5.04. The number of aliphatic carboxylic acids is 1. The number of thiazole rings is 1. The Morgan fingerprint density at radius 2 is 1.89 bits per heavy atom. The number of hydrogen-bond donors (Lipinski definition) is 1. The van der Waals surface area contributed by atoms with Crippen LogP contribution in [0.4, 0.5) is 0 Å². The largest absolute Gasteiger partial charge is 0.477 e. The van der Waals surface area contributed by atoms with E-state index in [1.54, 1.807) is 11.3 Å². The van der Waals surface area contributed by atoms with E-state index < -0.39 is 11.8 Å². The lowest BCUT2D eigenvalue weighted by atomic mass is 10.0. The highest BCUT2D eigenvalue weighted by atomic mass is 32.1. The fourth-order valence-electron chi connectivity index (χ4n) is 3.14. The molecule has 0 saturated carbocycles. The summed E-state index contributed by atoms with van der Waals surface area (Å²) >= 11 is 1.76. The predicted octanol–water partition coefficient (Wildman–Crippen LogP) is 4.60. The van der Waals surface area contributed by atoms with E-state index in [-0.39, 0.29) is 5.92 Å². The van der Waals surface area contributed by atoms with Crippen LogP contribution in [0.2, 0.25) is 0 Å². The van der Waals surface area contributed by atoms with Gasteiger partial charge in [-0.2, -0.15) is 0 Å². The Balaban J connectivity index is 1.45. The van der Waals surface area contributed by atoms with E-state index in [2.05, 4.69) is 38.1 Å². The van der Waals surface area contributed by atoms with Crippen LogP contribution in [0.3, 0.4) is 0 Å². The molecule has 2 heterocycles. The summed E-state index contributed by atoms with van der Waals surface area (Å²) in [4.78, 5) is 17.2. The summed E-state index contributed by atoms with van der Waals surface area (Å²) in [6.45, 7) is 6.57. The van der Waals surface area contributed by atoms with E-state index in [1.807, 2.05) is 0 Å². The number of carboxylic acid groups (broad SMARTS) is 1. The molecule has 1 aromatic heterocycles. The van der Waals surface area contributed by atoms with E-state index >= 15 is 0 Å². The zero-order valence-electron chi connectivity index (χ0n) is 16.2. The minimum atomic E-state index is -1.49. The van der Waals surface area contributed by atoms with Crippen molar-refractivity contribution in [1.82, 2.24) is 4.98 Å². The monoisotopic (exact) mass is 389 g/mol. The number of aryl methyl sites for hydroxylation is 3. The normalized spacial score (nSPS) is 22.7. The molecular formula is C21H27NO4S. The molecule has 0 radical (unpaired) electrons. The van der Waals surface area contributed by atoms with Crippen molar-refractivity contribution >= 4 is 17.3 Å².